The molecule has 1 aromatic heterocycles. The number of anilines is 1. The fraction of sp³-hybridized carbons (Fsp3) is 0.118. The van der Waals surface area contributed by atoms with Crippen LogP contribution in [0.3, 0.4) is 0 Å². The number of carbonyl (C=O) groups excluding carboxylic acids is 1. The third kappa shape index (κ3) is 4.12. The fourth-order valence-electron chi connectivity index (χ4n) is 2.37. The van der Waals surface area contributed by atoms with Crippen LogP contribution < -0.4 is 10.9 Å². The Balaban J connectivity index is 1.76. The molecule has 0 aliphatic rings. The zero-order chi connectivity index (χ0) is 18.0. The van der Waals surface area contributed by atoms with Gasteiger partial charge < -0.3 is 5.32 Å². The van der Waals surface area contributed by atoms with E-state index < -0.39 is 0 Å². The first-order chi connectivity index (χ1) is 11.9. The van der Waals surface area contributed by atoms with E-state index in [2.05, 4.69) is 10.3 Å². The van der Waals surface area contributed by atoms with E-state index in [1.54, 1.807) is 24.3 Å². The van der Waals surface area contributed by atoms with Gasteiger partial charge in [0.1, 0.15) is 0 Å². The first kappa shape index (κ1) is 17.7. The molecule has 3 rings (SSSR count). The van der Waals surface area contributed by atoms with Crippen LogP contribution >= 0.6 is 34.8 Å². The van der Waals surface area contributed by atoms with Crippen molar-refractivity contribution in [2.24, 2.45) is 0 Å². The molecule has 1 heterocycles. The molecule has 0 fully saturated rings. The SMILES string of the molecule is O=C(CCn1cnc2c(Cl)cc(Cl)cc2c1=O)Nc1cccc(Cl)c1. The normalized spacial score (nSPS) is 10.8. The minimum atomic E-state index is -0.301. The van der Waals surface area contributed by atoms with Gasteiger partial charge >= 0.3 is 0 Å². The van der Waals surface area contributed by atoms with E-state index in [1.807, 2.05) is 0 Å². The number of hydrogen-bond donors (Lipinski definition) is 1. The Morgan fingerprint density at radius 3 is 2.68 bits per heavy atom. The highest BCUT2D eigenvalue weighted by Gasteiger charge is 2.10. The molecule has 3 aromatic rings. The van der Waals surface area contributed by atoms with Crippen molar-refractivity contribution >= 4 is 57.3 Å². The number of halogens is 3. The standard InChI is InChI=1S/C17H12Cl3N3O2/c18-10-2-1-3-12(6-10)22-15(24)4-5-23-9-21-16-13(17(23)25)7-11(19)8-14(16)20/h1-3,6-9H,4-5H2,(H,22,24). The Hall–Kier alpha value is -2.08. The van der Waals surface area contributed by atoms with Crippen LogP contribution in [0, 0.1) is 0 Å². The number of aromatic nitrogens is 2. The number of benzene rings is 2. The van der Waals surface area contributed by atoms with Crippen molar-refractivity contribution in [3.63, 3.8) is 0 Å². The van der Waals surface area contributed by atoms with Crippen LogP contribution in [0.1, 0.15) is 6.42 Å². The summed E-state index contributed by atoms with van der Waals surface area (Å²) >= 11 is 17.9. The minimum Gasteiger partial charge on any atom is -0.326 e. The van der Waals surface area contributed by atoms with Gasteiger partial charge in [-0.15, -0.1) is 0 Å². The van der Waals surface area contributed by atoms with Crippen molar-refractivity contribution in [1.82, 2.24) is 9.55 Å². The summed E-state index contributed by atoms with van der Waals surface area (Å²) in [5.41, 5.74) is 0.681. The number of carbonyl (C=O) groups is 1. The number of aryl methyl sites for hydroxylation is 1. The second-order valence-corrected chi connectivity index (χ2v) is 6.62. The summed E-state index contributed by atoms with van der Waals surface area (Å²) in [6.07, 6.45) is 1.48. The molecule has 0 atom stereocenters. The Labute approximate surface area is 158 Å². The topological polar surface area (TPSA) is 64.0 Å². The van der Waals surface area contributed by atoms with Gasteiger partial charge in [0.25, 0.3) is 5.56 Å². The minimum absolute atomic E-state index is 0.105. The molecule has 128 valence electrons. The second-order valence-electron chi connectivity index (χ2n) is 5.34. The lowest BCUT2D eigenvalue weighted by Gasteiger charge is -2.09. The quantitative estimate of drug-likeness (QED) is 0.711. The summed E-state index contributed by atoms with van der Waals surface area (Å²) in [5.74, 6) is -0.238. The van der Waals surface area contributed by atoms with Gasteiger partial charge in [-0.1, -0.05) is 40.9 Å². The van der Waals surface area contributed by atoms with Crippen molar-refractivity contribution in [3.8, 4) is 0 Å². The number of nitrogens with zero attached hydrogens (tertiary/aromatic N) is 2. The monoisotopic (exact) mass is 395 g/mol. The molecule has 2 aromatic carbocycles. The smallest absolute Gasteiger partial charge is 0.261 e. The predicted molar refractivity (Wildman–Crippen MR) is 101 cm³/mol. The molecule has 0 aliphatic carbocycles. The van der Waals surface area contributed by atoms with Gasteiger partial charge in [-0.3, -0.25) is 14.2 Å². The summed E-state index contributed by atoms with van der Waals surface area (Å²) in [5, 5.41) is 4.24. The van der Waals surface area contributed by atoms with Crippen molar-refractivity contribution in [3.05, 3.63) is 68.1 Å². The van der Waals surface area contributed by atoms with Gasteiger partial charge in [0.05, 0.1) is 22.3 Å². The van der Waals surface area contributed by atoms with Crippen LogP contribution in [0.2, 0.25) is 15.1 Å². The Kier molecular flexibility index (Phi) is 5.27. The average Bonchev–Trinajstić information content (AvgIpc) is 2.55. The van der Waals surface area contributed by atoms with Gasteiger partial charge in [0.15, 0.2) is 0 Å². The summed E-state index contributed by atoms with van der Waals surface area (Å²) in [7, 11) is 0. The molecule has 5 nitrogen and oxygen atoms in total. The van der Waals surface area contributed by atoms with Crippen molar-refractivity contribution < 1.29 is 4.79 Å². The molecule has 0 bridgehead atoms. The van der Waals surface area contributed by atoms with Crippen molar-refractivity contribution in [2.45, 2.75) is 13.0 Å². The molecular formula is C17H12Cl3N3O2. The van der Waals surface area contributed by atoms with E-state index in [-0.39, 0.29) is 24.4 Å². The fourth-order valence-corrected chi connectivity index (χ4v) is 3.10. The molecule has 8 heteroatoms. The van der Waals surface area contributed by atoms with E-state index in [4.69, 9.17) is 34.8 Å². The van der Waals surface area contributed by atoms with E-state index in [0.717, 1.165) is 0 Å². The van der Waals surface area contributed by atoms with E-state index in [0.29, 0.717) is 31.7 Å². The van der Waals surface area contributed by atoms with Gasteiger partial charge in [0.2, 0.25) is 5.91 Å². The number of fused-ring (bicyclic) bond motifs is 1. The Morgan fingerprint density at radius 1 is 1.12 bits per heavy atom. The van der Waals surface area contributed by atoms with Gasteiger partial charge in [-0.05, 0) is 30.3 Å². The molecule has 0 aliphatic heterocycles. The van der Waals surface area contributed by atoms with Crippen LogP contribution in [0.4, 0.5) is 5.69 Å². The van der Waals surface area contributed by atoms with Crippen molar-refractivity contribution in [1.29, 1.82) is 0 Å². The van der Waals surface area contributed by atoms with Crippen LogP contribution in [-0.4, -0.2) is 15.5 Å². The maximum Gasteiger partial charge on any atom is 0.261 e. The van der Waals surface area contributed by atoms with Gasteiger partial charge in [0, 0.05) is 28.7 Å². The maximum absolute atomic E-state index is 12.5. The molecule has 0 radical (unpaired) electrons. The molecule has 0 saturated heterocycles. The first-order valence-electron chi connectivity index (χ1n) is 7.33. The van der Waals surface area contributed by atoms with Crippen molar-refractivity contribution in [2.75, 3.05) is 5.32 Å². The third-order valence-corrected chi connectivity index (χ3v) is 4.28. The molecule has 1 N–H and O–H groups in total. The van der Waals surface area contributed by atoms with Crippen LogP contribution in [-0.2, 0) is 11.3 Å². The lowest BCUT2D eigenvalue weighted by Crippen LogP contribution is -2.23. The molecule has 0 saturated carbocycles. The van der Waals surface area contributed by atoms with E-state index >= 15 is 0 Å². The molecule has 0 spiro atoms. The third-order valence-electron chi connectivity index (χ3n) is 3.53. The lowest BCUT2D eigenvalue weighted by atomic mass is 10.2. The van der Waals surface area contributed by atoms with Crippen LogP contribution in [0.25, 0.3) is 10.9 Å². The van der Waals surface area contributed by atoms with Crippen LogP contribution in [0.5, 0.6) is 0 Å². The molecule has 25 heavy (non-hydrogen) atoms. The Morgan fingerprint density at radius 2 is 1.92 bits per heavy atom. The number of rotatable bonds is 4. The van der Waals surface area contributed by atoms with Gasteiger partial charge in [-0.2, -0.15) is 0 Å². The predicted octanol–water partition coefficient (Wildman–Crippen LogP) is 4.39. The number of amides is 1. The largest absolute Gasteiger partial charge is 0.326 e. The summed E-state index contributed by atoms with van der Waals surface area (Å²) in [4.78, 5) is 28.7. The van der Waals surface area contributed by atoms with E-state index in [9.17, 15) is 9.59 Å². The molecule has 1 amide bonds. The second kappa shape index (κ2) is 7.44. The summed E-state index contributed by atoms with van der Waals surface area (Å²) < 4.78 is 1.35. The highest BCUT2D eigenvalue weighted by Crippen LogP contribution is 2.24. The Bertz CT molecular complexity index is 1020. The molecule has 0 unspecified atom stereocenters. The average molecular weight is 397 g/mol. The highest BCUT2D eigenvalue weighted by atomic mass is 35.5. The zero-order valence-corrected chi connectivity index (χ0v) is 15.1. The molecular weight excluding hydrogens is 385 g/mol. The van der Waals surface area contributed by atoms with E-state index in [1.165, 1.54) is 23.0 Å². The summed E-state index contributed by atoms with van der Waals surface area (Å²) in [6.45, 7) is 0.179. The lowest BCUT2D eigenvalue weighted by molar-refractivity contribution is -0.116. The zero-order valence-electron chi connectivity index (χ0n) is 12.8. The summed E-state index contributed by atoms with van der Waals surface area (Å²) in [6, 6.07) is 9.88. The van der Waals surface area contributed by atoms with Gasteiger partial charge in [-0.25, -0.2) is 4.98 Å². The maximum atomic E-state index is 12.5. The number of hydrogen-bond acceptors (Lipinski definition) is 3. The highest BCUT2D eigenvalue weighted by molar-refractivity contribution is 6.38. The van der Waals surface area contributed by atoms with Crippen LogP contribution in [0.15, 0.2) is 47.5 Å². The number of nitrogens with one attached hydrogen (secondary N) is 1. The first-order valence-corrected chi connectivity index (χ1v) is 8.47.